The summed E-state index contributed by atoms with van der Waals surface area (Å²) in [6.45, 7) is 7.56. The Balaban J connectivity index is 1.62. The van der Waals surface area contributed by atoms with Gasteiger partial charge in [-0.25, -0.2) is 0 Å². The van der Waals surface area contributed by atoms with E-state index in [1.165, 1.54) is 0 Å². The van der Waals surface area contributed by atoms with Crippen molar-refractivity contribution < 1.29 is 14.4 Å². The molecule has 28 heavy (non-hydrogen) atoms. The van der Waals surface area contributed by atoms with Gasteiger partial charge in [0.15, 0.2) is 0 Å². The van der Waals surface area contributed by atoms with E-state index >= 15 is 0 Å². The van der Waals surface area contributed by atoms with Gasteiger partial charge in [-0.2, -0.15) is 0 Å². The molecule has 3 amide bonds. The molecule has 3 rings (SSSR count). The molecule has 7 nitrogen and oxygen atoms in total. The maximum atomic E-state index is 13.1. The van der Waals surface area contributed by atoms with Crippen LogP contribution in [0, 0.1) is 5.92 Å². The highest BCUT2D eigenvalue weighted by Crippen LogP contribution is 2.31. The quantitative estimate of drug-likeness (QED) is 0.829. The third kappa shape index (κ3) is 4.70. The molecular formula is C21H30N4O3. The zero-order chi connectivity index (χ0) is 20.3. The third-order valence-corrected chi connectivity index (χ3v) is 5.45. The van der Waals surface area contributed by atoms with E-state index in [1.54, 1.807) is 4.90 Å². The molecule has 1 aromatic rings. The van der Waals surface area contributed by atoms with E-state index in [0.29, 0.717) is 12.2 Å². The second kappa shape index (κ2) is 8.73. The number of piperidine rings is 1. The Morgan fingerprint density at radius 1 is 1.21 bits per heavy atom. The van der Waals surface area contributed by atoms with Crippen LogP contribution < -0.4 is 15.5 Å². The summed E-state index contributed by atoms with van der Waals surface area (Å²) in [5.41, 5.74) is 1.44. The summed E-state index contributed by atoms with van der Waals surface area (Å²) in [5, 5.41) is 5.97. The Labute approximate surface area is 166 Å². The molecule has 1 unspecified atom stereocenters. The summed E-state index contributed by atoms with van der Waals surface area (Å²) in [7, 11) is 0. The Morgan fingerprint density at radius 2 is 1.89 bits per heavy atom. The van der Waals surface area contributed by atoms with E-state index < -0.39 is 0 Å². The van der Waals surface area contributed by atoms with E-state index in [1.807, 2.05) is 45.0 Å². The molecule has 0 aliphatic carbocycles. The second-order valence-corrected chi connectivity index (χ2v) is 8.10. The predicted octanol–water partition coefficient (Wildman–Crippen LogP) is 1.99. The van der Waals surface area contributed by atoms with Crippen molar-refractivity contribution in [2.45, 2.75) is 52.1 Å². The van der Waals surface area contributed by atoms with Crippen molar-refractivity contribution >= 4 is 29.1 Å². The first kappa shape index (κ1) is 20.3. The molecule has 1 saturated heterocycles. The fourth-order valence-corrected chi connectivity index (χ4v) is 3.84. The van der Waals surface area contributed by atoms with Crippen LogP contribution in [-0.2, 0) is 14.4 Å². The number of benzene rings is 1. The molecule has 0 spiro atoms. The Morgan fingerprint density at radius 3 is 2.57 bits per heavy atom. The van der Waals surface area contributed by atoms with Crippen LogP contribution in [0.15, 0.2) is 24.3 Å². The van der Waals surface area contributed by atoms with Gasteiger partial charge in [-0.05, 0) is 31.9 Å². The Hall–Kier alpha value is -2.41. The molecule has 0 aromatic heterocycles. The first-order valence-corrected chi connectivity index (χ1v) is 10.1. The van der Waals surface area contributed by atoms with Gasteiger partial charge in [0.2, 0.25) is 17.7 Å². The van der Waals surface area contributed by atoms with Crippen molar-refractivity contribution in [1.29, 1.82) is 0 Å². The van der Waals surface area contributed by atoms with Gasteiger partial charge < -0.3 is 15.5 Å². The fraction of sp³-hybridized carbons (Fsp3) is 0.571. The van der Waals surface area contributed by atoms with Crippen molar-refractivity contribution in [3.63, 3.8) is 0 Å². The van der Waals surface area contributed by atoms with Gasteiger partial charge in [0.1, 0.15) is 0 Å². The SMILES string of the molecule is CC(C)C(=O)NC1CCN(CC(=O)N2c3ccccc3NC(=O)CC2C)CC1. The smallest absolute Gasteiger partial charge is 0.241 e. The minimum absolute atomic E-state index is 0.00103. The molecule has 1 aromatic carbocycles. The summed E-state index contributed by atoms with van der Waals surface area (Å²) in [5.74, 6) is 0.000265. The van der Waals surface area contributed by atoms with Crippen LogP contribution in [0.5, 0.6) is 0 Å². The molecule has 2 aliphatic rings. The minimum atomic E-state index is -0.195. The molecule has 2 N–H and O–H groups in total. The summed E-state index contributed by atoms with van der Waals surface area (Å²) in [4.78, 5) is 41.0. The molecule has 2 heterocycles. The normalized spacial score (nSPS) is 21.1. The van der Waals surface area contributed by atoms with E-state index in [2.05, 4.69) is 15.5 Å². The third-order valence-electron chi connectivity index (χ3n) is 5.45. The molecule has 0 saturated carbocycles. The predicted molar refractivity (Wildman–Crippen MR) is 109 cm³/mol. The largest absolute Gasteiger partial charge is 0.353 e. The number of amides is 3. The standard InChI is InChI=1S/C21H30N4O3/c1-14(2)21(28)22-16-8-10-24(11-9-16)13-20(27)25-15(3)12-19(26)23-17-6-4-5-7-18(17)25/h4-7,14-16H,8-13H2,1-3H3,(H,22,28)(H,23,26). The highest BCUT2D eigenvalue weighted by Gasteiger charge is 2.31. The summed E-state index contributed by atoms with van der Waals surface area (Å²) >= 11 is 0. The average molecular weight is 386 g/mol. The van der Waals surface area contributed by atoms with Gasteiger partial charge in [-0.1, -0.05) is 26.0 Å². The topological polar surface area (TPSA) is 81.8 Å². The van der Waals surface area contributed by atoms with Crippen LogP contribution in [0.1, 0.15) is 40.0 Å². The number of carbonyl (C=O) groups is 3. The molecule has 152 valence electrons. The number of hydrogen-bond acceptors (Lipinski definition) is 4. The molecule has 0 radical (unpaired) electrons. The van der Waals surface area contributed by atoms with Gasteiger partial charge >= 0.3 is 0 Å². The summed E-state index contributed by atoms with van der Waals surface area (Å²) in [6.07, 6.45) is 1.97. The van der Waals surface area contributed by atoms with Gasteiger partial charge in [-0.3, -0.25) is 19.3 Å². The molecule has 2 aliphatic heterocycles. The van der Waals surface area contributed by atoms with Crippen LogP contribution in [0.4, 0.5) is 11.4 Å². The van der Waals surface area contributed by atoms with Crippen LogP contribution >= 0.6 is 0 Å². The average Bonchev–Trinajstić information content (AvgIpc) is 2.77. The van der Waals surface area contributed by atoms with E-state index in [9.17, 15) is 14.4 Å². The highest BCUT2D eigenvalue weighted by molar-refractivity contribution is 6.04. The molecule has 0 bridgehead atoms. The number of nitrogens with zero attached hydrogens (tertiary/aromatic N) is 2. The first-order valence-electron chi connectivity index (χ1n) is 10.1. The van der Waals surface area contributed by atoms with Crippen LogP contribution in [-0.4, -0.2) is 54.3 Å². The van der Waals surface area contributed by atoms with Crippen LogP contribution in [0.3, 0.4) is 0 Å². The Bertz CT molecular complexity index is 741. The number of carbonyl (C=O) groups excluding carboxylic acids is 3. The molecule has 1 fully saturated rings. The zero-order valence-corrected chi connectivity index (χ0v) is 16.9. The minimum Gasteiger partial charge on any atom is -0.353 e. The number of rotatable bonds is 4. The van der Waals surface area contributed by atoms with Crippen LogP contribution in [0.25, 0.3) is 0 Å². The lowest BCUT2D eigenvalue weighted by Crippen LogP contribution is -2.50. The van der Waals surface area contributed by atoms with Gasteiger partial charge in [-0.15, -0.1) is 0 Å². The van der Waals surface area contributed by atoms with Crippen molar-refractivity contribution in [2.75, 3.05) is 29.9 Å². The second-order valence-electron chi connectivity index (χ2n) is 8.10. The monoisotopic (exact) mass is 386 g/mol. The number of hydrogen-bond donors (Lipinski definition) is 2. The summed E-state index contributed by atoms with van der Waals surface area (Å²) in [6, 6.07) is 7.43. The van der Waals surface area contributed by atoms with E-state index in [0.717, 1.165) is 31.6 Å². The summed E-state index contributed by atoms with van der Waals surface area (Å²) < 4.78 is 0. The van der Waals surface area contributed by atoms with Crippen molar-refractivity contribution in [2.24, 2.45) is 5.92 Å². The zero-order valence-electron chi connectivity index (χ0n) is 16.9. The fourth-order valence-electron chi connectivity index (χ4n) is 3.84. The highest BCUT2D eigenvalue weighted by atomic mass is 16.2. The molecule has 7 heteroatoms. The van der Waals surface area contributed by atoms with Crippen LogP contribution in [0.2, 0.25) is 0 Å². The van der Waals surface area contributed by atoms with Crippen molar-refractivity contribution in [1.82, 2.24) is 10.2 Å². The van der Waals surface area contributed by atoms with Gasteiger partial charge in [0, 0.05) is 37.5 Å². The molecular weight excluding hydrogens is 356 g/mol. The van der Waals surface area contributed by atoms with E-state index in [-0.39, 0.29) is 42.1 Å². The number of nitrogens with one attached hydrogen (secondary N) is 2. The number of likely N-dealkylation sites (tertiary alicyclic amines) is 1. The van der Waals surface area contributed by atoms with E-state index in [4.69, 9.17) is 0 Å². The first-order chi connectivity index (χ1) is 13.3. The lowest BCUT2D eigenvalue weighted by Gasteiger charge is -2.35. The number of anilines is 2. The lowest BCUT2D eigenvalue weighted by atomic mass is 10.0. The number of fused-ring (bicyclic) bond motifs is 1. The van der Waals surface area contributed by atoms with Gasteiger partial charge in [0.25, 0.3) is 0 Å². The number of para-hydroxylation sites is 2. The maximum absolute atomic E-state index is 13.1. The molecule has 1 atom stereocenters. The van der Waals surface area contributed by atoms with Crippen molar-refractivity contribution in [3.05, 3.63) is 24.3 Å². The van der Waals surface area contributed by atoms with Crippen molar-refractivity contribution in [3.8, 4) is 0 Å². The maximum Gasteiger partial charge on any atom is 0.241 e. The van der Waals surface area contributed by atoms with Gasteiger partial charge in [0.05, 0.1) is 17.9 Å². The Kier molecular flexibility index (Phi) is 6.34. The lowest BCUT2D eigenvalue weighted by molar-refractivity contribution is -0.125.